The molecule has 0 aliphatic heterocycles. The topological polar surface area (TPSA) is 28.2 Å². The van der Waals surface area contributed by atoms with E-state index in [0.717, 1.165) is 12.3 Å². The van der Waals surface area contributed by atoms with E-state index in [1.807, 2.05) is 0 Å². The maximum atomic E-state index is 12.1. The SMILES string of the molecule is CN(C)Nc1ccc(C(F)(F)F)cn1. The molecule has 6 heteroatoms. The van der Waals surface area contributed by atoms with Crippen LogP contribution >= 0.6 is 0 Å². The molecule has 1 aromatic heterocycles. The zero-order chi connectivity index (χ0) is 10.8. The van der Waals surface area contributed by atoms with Crippen LogP contribution in [0.15, 0.2) is 18.3 Å². The lowest BCUT2D eigenvalue weighted by molar-refractivity contribution is -0.137. The molecule has 0 aliphatic carbocycles. The minimum Gasteiger partial charge on any atom is -0.304 e. The molecule has 0 aliphatic rings. The molecule has 78 valence electrons. The predicted octanol–water partition coefficient (Wildman–Crippen LogP) is 1.99. The number of halogens is 3. The molecule has 0 saturated heterocycles. The summed E-state index contributed by atoms with van der Waals surface area (Å²) < 4.78 is 36.3. The number of hydrogen-bond donors (Lipinski definition) is 1. The number of rotatable bonds is 2. The molecule has 0 saturated carbocycles. The second kappa shape index (κ2) is 3.83. The number of anilines is 1. The van der Waals surface area contributed by atoms with Crippen LogP contribution in [0.5, 0.6) is 0 Å². The fraction of sp³-hybridized carbons (Fsp3) is 0.375. The van der Waals surface area contributed by atoms with Gasteiger partial charge in [-0.05, 0) is 12.1 Å². The van der Waals surface area contributed by atoms with Crippen molar-refractivity contribution in [3.05, 3.63) is 23.9 Å². The maximum absolute atomic E-state index is 12.1. The first-order chi connectivity index (χ1) is 6.39. The Bertz CT molecular complexity index is 292. The van der Waals surface area contributed by atoms with Crippen LogP contribution in [0.3, 0.4) is 0 Å². The molecule has 0 atom stereocenters. The Labute approximate surface area is 79.5 Å². The third kappa shape index (κ3) is 2.88. The first-order valence-electron chi connectivity index (χ1n) is 3.87. The molecule has 0 unspecified atom stereocenters. The van der Waals surface area contributed by atoms with E-state index in [1.165, 1.54) is 6.07 Å². The molecule has 1 rings (SSSR count). The summed E-state index contributed by atoms with van der Waals surface area (Å²) in [4.78, 5) is 3.61. The van der Waals surface area contributed by atoms with Gasteiger partial charge in [0.2, 0.25) is 0 Å². The standard InChI is InChI=1S/C8H10F3N3/c1-14(2)13-7-4-3-6(5-12-7)8(9,10)11/h3-5H,1-2H3,(H,12,13). The summed E-state index contributed by atoms with van der Waals surface area (Å²) >= 11 is 0. The molecule has 0 radical (unpaired) electrons. The van der Waals surface area contributed by atoms with Gasteiger partial charge in [0.15, 0.2) is 0 Å². The molecule has 1 N–H and O–H groups in total. The molecule has 3 nitrogen and oxygen atoms in total. The van der Waals surface area contributed by atoms with Gasteiger partial charge in [-0.25, -0.2) is 9.99 Å². The van der Waals surface area contributed by atoms with Crippen molar-refractivity contribution in [3.8, 4) is 0 Å². The Kier molecular flexibility index (Phi) is 2.95. The second-order valence-corrected chi connectivity index (χ2v) is 2.94. The minimum atomic E-state index is -4.33. The summed E-state index contributed by atoms with van der Waals surface area (Å²) in [6.45, 7) is 0. The molecule has 0 bridgehead atoms. The fourth-order valence-corrected chi connectivity index (χ4v) is 0.857. The number of aromatic nitrogens is 1. The van der Waals surface area contributed by atoms with Gasteiger partial charge < -0.3 is 5.43 Å². The lowest BCUT2D eigenvalue weighted by atomic mass is 10.3. The molecular weight excluding hydrogens is 195 g/mol. The molecular formula is C8H10F3N3. The van der Waals surface area contributed by atoms with Gasteiger partial charge in [0.1, 0.15) is 5.82 Å². The second-order valence-electron chi connectivity index (χ2n) is 2.94. The summed E-state index contributed by atoms with van der Waals surface area (Å²) in [5.41, 5.74) is 1.99. The fourth-order valence-electron chi connectivity index (χ4n) is 0.857. The van der Waals surface area contributed by atoms with Gasteiger partial charge >= 0.3 is 6.18 Å². The summed E-state index contributed by atoms with van der Waals surface area (Å²) in [6, 6.07) is 2.27. The summed E-state index contributed by atoms with van der Waals surface area (Å²) in [7, 11) is 3.44. The van der Waals surface area contributed by atoms with Crippen LogP contribution in [0.4, 0.5) is 19.0 Å². The van der Waals surface area contributed by atoms with Crippen molar-refractivity contribution in [2.24, 2.45) is 0 Å². The first kappa shape index (κ1) is 10.8. The van der Waals surface area contributed by atoms with E-state index < -0.39 is 11.7 Å². The summed E-state index contributed by atoms with van der Waals surface area (Å²) in [6.07, 6.45) is -3.53. The van der Waals surface area contributed by atoms with Crippen LogP contribution in [0.2, 0.25) is 0 Å². The molecule has 1 aromatic rings. The van der Waals surface area contributed by atoms with Crippen LogP contribution in [-0.4, -0.2) is 24.1 Å². The number of pyridine rings is 1. The highest BCUT2D eigenvalue weighted by atomic mass is 19.4. The average molecular weight is 205 g/mol. The number of alkyl halides is 3. The Hall–Kier alpha value is -1.30. The largest absolute Gasteiger partial charge is 0.417 e. The normalized spacial score (nSPS) is 11.9. The van der Waals surface area contributed by atoms with Crippen LogP contribution in [-0.2, 0) is 6.18 Å². The van der Waals surface area contributed by atoms with Gasteiger partial charge in [-0.1, -0.05) is 0 Å². The Morgan fingerprint density at radius 3 is 2.29 bits per heavy atom. The van der Waals surface area contributed by atoms with E-state index in [9.17, 15) is 13.2 Å². The predicted molar refractivity (Wildman–Crippen MR) is 46.5 cm³/mol. The van der Waals surface area contributed by atoms with Crippen molar-refractivity contribution in [2.75, 3.05) is 19.5 Å². The van der Waals surface area contributed by atoms with Crippen molar-refractivity contribution in [3.63, 3.8) is 0 Å². The van der Waals surface area contributed by atoms with Crippen molar-refractivity contribution in [2.45, 2.75) is 6.18 Å². The van der Waals surface area contributed by atoms with E-state index in [4.69, 9.17) is 0 Å². The van der Waals surface area contributed by atoms with E-state index in [1.54, 1.807) is 19.1 Å². The van der Waals surface area contributed by atoms with Crippen LogP contribution < -0.4 is 5.43 Å². The highest BCUT2D eigenvalue weighted by molar-refractivity contribution is 5.34. The van der Waals surface area contributed by atoms with Gasteiger partial charge in [0, 0.05) is 20.3 Å². The molecule has 0 aromatic carbocycles. The van der Waals surface area contributed by atoms with Gasteiger partial charge in [-0.3, -0.25) is 0 Å². The molecule has 14 heavy (non-hydrogen) atoms. The third-order valence-electron chi connectivity index (χ3n) is 1.43. The first-order valence-corrected chi connectivity index (χ1v) is 3.87. The summed E-state index contributed by atoms with van der Waals surface area (Å²) in [5.74, 6) is 0.378. The Morgan fingerprint density at radius 2 is 1.93 bits per heavy atom. The van der Waals surface area contributed by atoms with Gasteiger partial charge in [-0.2, -0.15) is 13.2 Å². The van der Waals surface area contributed by atoms with Gasteiger partial charge in [-0.15, -0.1) is 0 Å². The van der Waals surface area contributed by atoms with E-state index in [2.05, 4.69) is 10.4 Å². The monoisotopic (exact) mass is 205 g/mol. The van der Waals surface area contributed by atoms with Crippen LogP contribution in [0.1, 0.15) is 5.56 Å². The smallest absolute Gasteiger partial charge is 0.304 e. The molecule has 0 spiro atoms. The zero-order valence-corrected chi connectivity index (χ0v) is 7.76. The van der Waals surface area contributed by atoms with Crippen molar-refractivity contribution in [1.82, 2.24) is 9.99 Å². The average Bonchev–Trinajstić information content (AvgIpc) is 2.02. The van der Waals surface area contributed by atoms with Crippen molar-refractivity contribution < 1.29 is 13.2 Å². The number of hydrogen-bond acceptors (Lipinski definition) is 3. The quantitative estimate of drug-likeness (QED) is 0.748. The Balaban J connectivity index is 2.79. The zero-order valence-electron chi connectivity index (χ0n) is 7.76. The van der Waals surface area contributed by atoms with Crippen molar-refractivity contribution >= 4 is 5.82 Å². The molecule has 0 fully saturated rings. The molecule has 1 heterocycles. The lowest BCUT2D eigenvalue weighted by Crippen LogP contribution is -2.20. The maximum Gasteiger partial charge on any atom is 0.417 e. The lowest BCUT2D eigenvalue weighted by Gasteiger charge is -2.13. The highest BCUT2D eigenvalue weighted by Gasteiger charge is 2.30. The minimum absolute atomic E-state index is 0.378. The van der Waals surface area contributed by atoms with E-state index in [-0.39, 0.29) is 0 Å². The van der Waals surface area contributed by atoms with Crippen LogP contribution in [0, 0.1) is 0 Å². The van der Waals surface area contributed by atoms with E-state index in [0.29, 0.717) is 5.82 Å². The number of nitrogens with one attached hydrogen (secondary N) is 1. The van der Waals surface area contributed by atoms with Crippen molar-refractivity contribution in [1.29, 1.82) is 0 Å². The van der Waals surface area contributed by atoms with Gasteiger partial charge in [0.25, 0.3) is 0 Å². The highest BCUT2D eigenvalue weighted by Crippen LogP contribution is 2.28. The Morgan fingerprint density at radius 1 is 1.29 bits per heavy atom. The van der Waals surface area contributed by atoms with E-state index >= 15 is 0 Å². The molecule has 0 amide bonds. The third-order valence-corrected chi connectivity index (χ3v) is 1.43. The van der Waals surface area contributed by atoms with Crippen LogP contribution in [0.25, 0.3) is 0 Å². The number of hydrazine groups is 1. The van der Waals surface area contributed by atoms with Gasteiger partial charge in [0.05, 0.1) is 5.56 Å². The summed E-state index contributed by atoms with van der Waals surface area (Å²) in [5, 5.41) is 1.59. The number of nitrogens with zero attached hydrogens (tertiary/aromatic N) is 2.